The highest BCUT2D eigenvalue weighted by atomic mass is 16.7. The van der Waals surface area contributed by atoms with Gasteiger partial charge in [0.25, 0.3) is 0 Å². The first kappa shape index (κ1) is 20.8. The molecule has 1 fully saturated rings. The number of ether oxygens (including phenoxy) is 4. The smallest absolute Gasteiger partial charge is 0.410 e. The van der Waals surface area contributed by atoms with Gasteiger partial charge in [0, 0.05) is 32.4 Å². The zero-order valence-electron chi connectivity index (χ0n) is 17.6. The minimum atomic E-state index is -0.625. The average Bonchev–Trinajstić information content (AvgIpc) is 3.11. The van der Waals surface area contributed by atoms with Crippen LogP contribution in [-0.2, 0) is 20.8 Å². The van der Waals surface area contributed by atoms with Crippen molar-refractivity contribution in [2.45, 2.75) is 51.6 Å². The van der Waals surface area contributed by atoms with Gasteiger partial charge in [0.05, 0.1) is 25.5 Å². The number of carbonyl (C=O) groups excluding carboxylic acids is 1. The third-order valence-corrected chi connectivity index (χ3v) is 5.55. The van der Waals surface area contributed by atoms with Crippen LogP contribution in [0.2, 0.25) is 0 Å². The van der Waals surface area contributed by atoms with Gasteiger partial charge in [-0.25, -0.2) is 4.79 Å². The number of nitrogens with zero attached hydrogens (tertiary/aromatic N) is 1. The summed E-state index contributed by atoms with van der Waals surface area (Å²) in [6.07, 6.45) is 6.01. The monoisotopic (exact) mass is 415 g/mol. The predicted octanol–water partition coefficient (Wildman–Crippen LogP) is 3.83. The van der Waals surface area contributed by atoms with Gasteiger partial charge in [-0.2, -0.15) is 0 Å². The van der Waals surface area contributed by atoms with Crippen molar-refractivity contribution in [3.05, 3.63) is 52.8 Å². The number of cyclic esters (lactones) is 1. The third kappa shape index (κ3) is 4.79. The van der Waals surface area contributed by atoms with E-state index in [4.69, 9.17) is 24.1 Å². The molecule has 0 saturated carbocycles. The minimum Gasteiger partial charge on any atom is -0.496 e. The van der Waals surface area contributed by atoms with Crippen LogP contribution in [0.25, 0.3) is 0 Å². The number of benzene rings is 1. The van der Waals surface area contributed by atoms with Crippen LogP contribution in [0.4, 0.5) is 4.79 Å². The quantitative estimate of drug-likeness (QED) is 0.729. The number of aliphatic hydroxyl groups excluding tert-OH is 1. The molecule has 1 saturated heterocycles. The van der Waals surface area contributed by atoms with Gasteiger partial charge in [-0.3, -0.25) is 0 Å². The summed E-state index contributed by atoms with van der Waals surface area (Å²) in [5.41, 5.74) is 3.22. The van der Waals surface area contributed by atoms with Crippen molar-refractivity contribution in [1.29, 1.82) is 0 Å². The summed E-state index contributed by atoms with van der Waals surface area (Å²) in [4.78, 5) is 14.1. The van der Waals surface area contributed by atoms with E-state index in [2.05, 4.69) is 6.08 Å². The molecule has 2 heterocycles. The molecule has 0 bridgehead atoms. The first-order chi connectivity index (χ1) is 14.4. The maximum absolute atomic E-state index is 12.4. The lowest BCUT2D eigenvalue weighted by Crippen LogP contribution is -2.35. The standard InChI is InChI=1S/C23H29NO6/c1-23(2)28-15-18-13-17(5-8-20(18)30-23)21-14-24(22(26)29-21)10-9-16-3-6-19(7-4-16)27-12-11-25/h3,5-6,8,13,21,25H,4,7,9-12,14-15H2,1-2H3. The lowest BCUT2D eigenvalue weighted by molar-refractivity contribution is -0.180. The number of rotatable bonds is 7. The number of fused-ring (bicyclic) bond motifs is 1. The molecule has 0 spiro atoms. The summed E-state index contributed by atoms with van der Waals surface area (Å²) in [5, 5.41) is 8.83. The Morgan fingerprint density at radius 1 is 1.27 bits per heavy atom. The summed E-state index contributed by atoms with van der Waals surface area (Å²) in [6.45, 7) is 5.78. The fraction of sp³-hybridized carbons (Fsp3) is 0.522. The molecule has 4 rings (SSSR count). The molecular formula is C23H29NO6. The van der Waals surface area contributed by atoms with E-state index >= 15 is 0 Å². The van der Waals surface area contributed by atoms with Crippen LogP contribution in [-0.4, -0.2) is 48.2 Å². The van der Waals surface area contributed by atoms with Crippen molar-refractivity contribution >= 4 is 6.09 Å². The van der Waals surface area contributed by atoms with Crippen LogP contribution in [0.15, 0.2) is 41.7 Å². The molecular weight excluding hydrogens is 386 g/mol. The Balaban J connectivity index is 1.33. The second kappa shape index (κ2) is 8.70. The van der Waals surface area contributed by atoms with Crippen LogP contribution in [0.1, 0.15) is 50.3 Å². The van der Waals surface area contributed by atoms with E-state index in [1.807, 2.05) is 38.1 Å². The van der Waals surface area contributed by atoms with Gasteiger partial charge in [-0.15, -0.1) is 0 Å². The molecule has 0 aromatic heterocycles. The van der Waals surface area contributed by atoms with Crippen LogP contribution < -0.4 is 4.74 Å². The summed E-state index contributed by atoms with van der Waals surface area (Å²) < 4.78 is 22.6. The van der Waals surface area contributed by atoms with Gasteiger partial charge >= 0.3 is 6.09 Å². The molecule has 162 valence electrons. The largest absolute Gasteiger partial charge is 0.496 e. The summed E-state index contributed by atoms with van der Waals surface area (Å²) in [7, 11) is 0. The van der Waals surface area contributed by atoms with Crippen molar-refractivity contribution in [3.8, 4) is 5.75 Å². The second-order valence-corrected chi connectivity index (χ2v) is 8.26. The number of amides is 1. The summed E-state index contributed by atoms with van der Waals surface area (Å²) in [5.74, 6) is 1.09. The van der Waals surface area contributed by atoms with E-state index in [1.54, 1.807) is 4.90 Å². The van der Waals surface area contributed by atoms with E-state index in [9.17, 15) is 4.79 Å². The van der Waals surface area contributed by atoms with Crippen LogP contribution in [0.3, 0.4) is 0 Å². The molecule has 7 heteroatoms. The number of hydrogen-bond donors (Lipinski definition) is 1. The van der Waals surface area contributed by atoms with Crippen molar-refractivity contribution in [2.24, 2.45) is 0 Å². The normalized spacial score (nSPS) is 22.6. The lowest BCUT2D eigenvalue weighted by Gasteiger charge is -2.32. The summed E-state index contributed by atoms with van der Waals surface area (Å²) >= 11 is 0. The van der Waals surface area contributed by atoms with E-state index in [0.29, 0.717) is 26.3 Å². The van der Waals surface area contributed by atoms with Gasteiger partial charge in [0.15, 0.2) is 0 Å². The maximum atomic E-state index is 12.4. The first-order valence-corrected chi connectivity index (χ1v) is 10.5. The van der Waals surface area contributed by atoms with Gasteiger partial charge in [-0.1, -0.05) is 17.7 Å². The molecule has 3 aliphatic rings. The molecule has 0 radical (unpaired) electrons. The number of allylic oxidation sites excluding steroid dienone is 3. The molecule has 1 aromatic carbocycles. The Hall–Kier alpha value is -2.51. The van der Waals surface area contributed by atoms with E-state index < -0.39 is 5.79 Å². The third-order valence-electron chi connectivity index (χ3n) is 5.55. The fourth-order valence-corrected chi connectivity index (χ4v) is 3.87. The summed E-state index contributed by atoms with van der Waals surface area (Å²) in [6, 6.07) is 5.90. The minimum absolute atomic E-state index is 0.0222. The van der Waals surface area contributed by atoms with Gasteiger partial charge < -0.3 is 29.0 Å². The highest BCUT2D eigenvalue weighted by Gasteiger charge is 2.34. The Kier molecular flexibility index (Phi) is 6.01. The highest BCUT2D eigenvalue weighted by molar-refractivity contribution is 5.70. The predicted molar refractivity (Wildman–Crippen MR) is 110 cm³/mol. The van der Waals surface area contributed by atoms with Crippen LogP contribution >= 0.6 is 0 Å². The molecule has 7 nitrogen and oxygen atoms in total. The molecule has 1 atom stereocenters. The second-order valence-electron chi connectivity index (χ2n) is 8.26. The Morgan fingerprint density at radius 3 is 2.90 bits per heavy atom. The van der Waals surface area contributed by atoms with E-state index in [0.717, 1.165) is 41.9 Å². The number of aliphatic hydroxyl groups is 1. The first-order valence-electron chi connectivity index (χ1n) is 10.5. The topological polar surface area (TPSA) is 77.5 Å². The molecule has 1 N–H and O–H groups in total. The average molecular weight is 415 g/mol. The molecule has 2 aliphatic heterocycles. The number of hydrogen-bond acceptors (Lipinski definition) is 6. The van der Waals surface area contributed by atoms with Crippen LogP contribution in [0, 0.1) is 0 Å². The molecule has 1 unspecified atom stereocenters. The molecule has 30 heavy (non-hydrogen) atoms. The Bertz CT molecular complexity index is 859. The molecule has 1 amide bonds. The zero-order valence-corrected chi connectivity index (χ0v) is 17.6. The Labute approximate surface area is 176 Å². The Morgan fingerprint density at radius 2 is 2.13 bits per heavy atom. The zero-order chi connectivity index (χ0) is 21.1. The van der Waals surface area contributed by atoms with Gasteiger partial charge in [0.1, 0.15) is 18.5 Å². The molecule has 1 aromatic rings. The lowest BCUT2D eigenvalue weighted by atomic mass is 10.0. The fourth-order valence-electron chi connectivity index (χ4n) is 3.87. The van der Waals surface area contributed by atoms with Crippen molar-refractivity contribution in [1.82, 2.24) is 4.90 Å². The number of carbonyl (C=O) groups is 1. The van der Waals surface area contributed by atoms with Crippen molar-refractivity contribution in [2.75, 3.05) is 26.3 Å². The van der Waals surface area contributed by atoms with Gasteiger partial charge in [-0.05, 0) is 36.6 Å². The SMILES string of the molecule is CC1(C)OCc2cc(C3CN(CCC4=CC=C(OCCO)CC4)C(=O)O3)ccc2O1. The molecule has 1 aliphatic carbocycles. The van der Waals surface area contributed by atoms with E-state index in [-0.39, 0.29) is 18.8 Å². The van der Waals surface area contributed by atoms with Gasteiger partial charge in [0.2, 0.25) is 5.79 Å². The highest BCUT2D eigenvalue weighted by Crippen LogP contribution is 2.35. The van der Waals surface area contributed by atoms with E-state index in [1.165, 1.54) is 5.57 Å². The van der Waals surface area contributed by atoms with Crippen molar-refractivity contribution < 1.29 is 28.8 Å². The van der Waals surface area contributed by atoms with Crippen LogP contribution in [0.5, 0.6) is 5.75 Å². The maximum Gasteiger partial charge on any atom is 0.410 e. The van der Waals surface area contributed by atoms with Crippen molar-refractivity contribution in [3.63, 3.8) is 0 Å².